The fraction of sp³-hybridized carbons (Fsp3) is 0.647. The Morgan fingerprint density at radius 1 is 1.30 bits per heavy atom. The molecule has 0 unspecified atom stereocenters. The highest BCUT2D eigenvalue weighted by Gasteiger charge is 2.13. The van der Waals surface area contributed by atoms with E-state index in [1.165, 1.54) is 5.56 Å². The lowest BCUT2D eigenvalue weighted by atomic mass is 10.2. The molecule has 1 aromatic carbocycles. The van der Waals surface area contributed by atoms with Crippen LogP contribution in [0.5, 0.6) is 11.5 Å². The van der Waals surface area contributed by atoms with Gasteiger partial charge in [-0.25, -0.2) is 0 Å². The predicted octanol–water partition coefficient (Wildman–Crippen LogP) is 2.67. The van der Waals surface area contributed by atoms with Gasteiger partial charge in [-0.1, -0.05) is 0 Å². The molecule has 1 aliphatic heterocycles. The number of hydrogen-bond acceptors (Lipinski definition) is 5. The number of halogens is 1. The number of nitrogens with one attached hydrogen (secondary N) is 1. The van der Waals surface area contributed by atoms with Crippen LogP contribution in [0.15, 0.2) is 16.6 Å². The van der Waals surface area contributed by atoms with E-state index in [2.05, 4.69) is 32.2 Å². The van der Waals surface area contributed by atoms with Crippen LogP contribution in [0.4, 0.5) is 0 Å². The molecule has 1 heterocycles. The van der Waals surface area contributed by atoms with Crippen LogP contribution in [0.2, 0.25) is 0 Å². The van der Waals surface area contributed by atoms with E-state index in [0.717, 1.165) is 61.9 Å². The number of ether oxygens (including phenoxy) is 3. The van der Waals surface area contributed by atoms with Crippen molar-refractivity contribution in [1.82, 2.24) is 10.2 Å². The number of morpholine rings is 1. The van der Waals surface area contributed by atoms with Crippen molar-refractivity contribution in [2.75, 3.05) is 46.5 Å². The summed E-state index contributed by atoms with van der Waals surface area (Å²) < 4.78 is 17.6. The zero-order chi connectivity index (χ0) is 16.7. The van der Waals surface area contributed by atoms with Crippen LogP contribution in [0.1, 0.15) is 19.4 Å². The van der Waals surface area contributed by atoms with Gasteiger partial charge in [-0.3, -0.25) is 4.90 Å². The van der Waals surface area contributed by atoms with E-state index in [9.17, 15) is 0 Å². The van der Waals surface area contributed by atoms with Gasteiger partial charge in [0.05, 0.1) is 30.9 Å². The highest BCUT2D eigenvalue weighted by atomic mass is 79.9. The summed E-state index contributed by atoms with van der Waals surface area (Å²) in [4.78, 5) is 2.42. The van der Waals surface area contributed by atoms with Crippen LogP contribution in [-0.2, 0) is 11.3 Å². The largest absolute Gasteiger partial charge is 0.493 e. The van der Waals surface area contributed by atoms with Gasteiger partial charge in [0.25, 0.3) is 0 Å². The van der Waals surface area contributed by atoms with Crippen LogP contribution in [0, 0.1) is 0 Å². The summed E-state index contributed by atoms with van der Waals surface area (Å²) in [6.45, 7) is 10.6. The van der Waals surface area contributed by atoms with E-state index in [1.807, 2.05) is 19.9 Å². The average molecular weight is 387 g/mol. The molecule has 1 aliphatic rings. The quantitative estimate of drug-likeness (QED) is 0.695. The molecule has 1 aromatic rings. The van der Waals surface area contributed by atoms with Crippen molar-refractivity contribution in [3.05, 3.63) is 22.2 Å². The second kappa shape index (κ2) is 9.47. The molecule has 130 valence electrons. The molecule has 0 radical (unpaired) electrons. The Labute approximate surface area is 147 Å². The van der Waals surface area contributed by atoms with E-state index in [-0.39, 0.29) is 6.10 Å². The van der Waals surface area contributed by atoms with Crippen molar-refractivity contribution in [2.24, 2.45) is 0 Å². The zero-order valence-corrected chi connectivity index (χ0v) is 15.8. The van der Waals surface area contributed by atoms with Crippen LogP contribution < -0.4 is 14.8 Å². The first-order valence-corrected chi connectivity index (χ1v) is 8.93. The van der Waals surface area contributed by atoms with Gasteiger partial charge in [0.1, 0.15) is 0 Å². The standard InChI is InChI=1S/C17H27BrN2O3/c1-13(2)23-17-15(18)10-14(11-16(17)21-3)12-19-4-5-20-6-8-22-9-7-20/h10-11,13,19H,4-9,12H2,1-3H3. The Hall–Kier alpha value is -0.820. The van der Waals surface area contributed by atoms with Gasteiger partial charge in [0, 0.05) is 32.7 Å². The lowest BCUT2D eigenvalue weighted by Gasteiger charge is -2.26. The van der Waals surface area contributed by atoms with Crippen LogP contribution in [0.3, 0.4) is 0 Å². The minimum Gasteiger partial charge on any atom is -0.493 e. The van der Waals surface area contributed by atoms with Crippen LogP contribution in [0.25, 0.3) is 0 Å². The first-order valence-electron chi connectivity index (χ1n) is 8.14. The molecule has 0 bridgehead atoms. The molecule has 0 spiro atoms. The molecule has 0 aliphatic carbocycles. The SMILES string of the molecule is COc1cc(CNCCN2CCOCC2)cc(Br)c1OC(C)C. The number of benzene rings is 1. The summed E-state index contributed by atoms with van der Waals surface area (Å²) in [7, 11) is 1.67. The molecule has 0 amide bonds. The lowest BCUT2D eigenvalue weighted by Crippen LogP contribution is -2.40. The highest BCUT2D eigenvalue weighted by molar-refractivity contribution is 9.10. The maximum absolute atomic E-state index is 5.82. The third-order valence-electron chi connectivity index (χ3n) is 3.68. The average Bonchev–Trinajstić information content (AvgIpc) is 2.54. The zero-order valence-electron chi connectivity index (χ0n) is 14.2. The Balaban J connectivity index is 1.86. The Kier molecular flexibility index (Phi) is 7.62. The monoisotopic (exact) mass is 386 g/mol. The number of nitrogens with zero attached hydrogens (tertiary/aromatic N) is 1. The normalized spacial score (nSPS) is 15.9. The number of rotatable bonds is 8. The summed E-state index contributed by atoms with van der Waals surface area (Å²) in [6.07, 6.45) is 0.109. The van der Waals surface area contributed by atoms with Crippen molar-refractivity contribution in [3.63, 3.8) is 0 Å². The topological polar surface area (TPSA) is 43.0 Å². The number of methoxy groups -OCH3 is 1. The molecule has 0 atom stereocenters. The highest BCUT2D eigenvalue weighted by Crippen LogP contribution is 2.37. The maximum atomic E-state index is 5.82. The fourth-order valence-electron chi connectivity index (χ4n) is 2.52. The molecule has 1 N–H and O–H groups in total. The van der Waals surface area contributed by atoms with Gasteiger partial charge in [0.15, 0.2) is 11.5 Å². The van der Waals surface area contributed by atoms with E-state index in [1.54, 1.807) is 7.11 Å². The minimum atomic E-state index is 0.109. The molecule has 0 aromatic heterocycles. The van der Waals surface area contributed by atoms with Crippen LogP contribution in [-0.4, -0.2) is 57.5 Å². The smallest absolute Gasteiger partial charge is 0.175 e. The first kappa shape index (κ1) is 18.5. The molecule has 2 rings (SSSR count). The van der Waals surface area contributed by atoms with Gasteiger partial charge < -0.3 is 19.5 Å². The molecule has 23 heavy (non-hydrogen) atoms. The molecule has 1 fully saturated rings. The van der Waals surface area contributed by atoms with Gasteiger partial charge in [0.2, 0.25) is 0 Å². The molecular formula is C17H27BrN2O3. The van der Waals surface area contributed by atoms with Gasteiger partial charge in [-0.15, -0.1) is 0 Å². The minimum absolute atomic E-state index is 0.109. The second-order valence-electron chi connectivity index (χ2n) is 5.91. The van der Waals surface area contributed by atoms with Crippen molar-refractivity contribution < 1.29 is 14.2 Å². The summed E-state index contributed by atoms with van der Waals surface area (Å²) in [5.41, 5.74) is 1.17. The van der Waals surface area contributed by atoms with Crippen LogP contribution >= 0.6 is 15.9 Å². The first-order chi connectivity index (χ1) is 11.1. The summed E-state index contributed by atoms with van der Waals surface area (Å²) in [5, 5.41) is 3.49. The van der Waals surface area contributed by atoms with Gasteiger partial charge in [-0.05, 0) is 47.5 Å². The lowest BCUT2D eigenvalue weighted by molar-refractivity contribution is 0.0384. The Bertz CT molecular complexity index is 491. The van der Waals surface area contributed by atoms with Crippen molar-refractivity contribution >= 4 is 15.9 Å². The number of hydrogen-bond donors (Lipinski definition) is 1. The Morgan fingerprint density at radius 2 is 2.04 bits per heavy atom. The van der Waals surface area contributed by atoms with Crippen molar-refractivity contribution in [2.45, 2.75) is 26.5 Å². The molecule has 0 saturated carbocycles. The van der Waals surface area contributed by atoms with Crippen molar-refractivity contribution in [3.8, 4) is 11.5 Å². The summed E-state index contributed by atoms with van der Waals surface area (Å²) in [6, 6.07) is 4.12. The summed E-state index contributed by atoms with van der Waals surface area (Å²) in [5.74, 6) is 1.53. The molecule has 6 heteroatoms. The van der Waals surface area contributed by atoms with E-state index >= 15 is 0 Å². The predicted molar refractivity (Wildman–Crippen MR) is 95.4 cm³/mol. The van der Waals surface area contributed by atoms with Gasteiger partial charge >= 0.3 is 0 Å². The molecular weight excluding hydrogens is 360 g/mol. The van der Waals surface area contributed by atoms with Crippen molar-refractivity contribution in [1.29, 1.82) is 0 Å². The van der Waals surface area contributed by atoms with E-state index < -0.39 is 0 Å². The summed E-state index contributed by atoms with van der Waals surface area (Å²) >= 11 is 3.58. The van der Waals surface area contributed by atoms with E-state index in [4.69, 9.17) is 14.2 Å². The fourth-order valence-corrected chi connectivity index (χ4v) is 3.10. The third-order valence-corrected chi connectivity index (χ3v) is 4.27. The van der Waals surface area contributed by atoms with Gasteiger partial charge in [-0.2, -0.15) is 0 Å². The second-order valence-corrected chi connectivity index (χ2v) is 6.76. The Morgan fingerprint density at radius 3 is 2.70 bits per heavy atom. The molecule has 5 nitrogen and oxygen atoms in total. The molecule has 1 saturated heterocycles. The maximum Gasteiger partial charge on any atom is 0.175 e. The third kappa shape index (κ3) is 5.95. The van der Waals surface area contributed by atoms with E-state index in [0.29, 0.717) is 0 Å².